The number of amides is 3. The van der Waals surface area contributed by atoms with Crippen LogP contribution in [0.5, 0.6) is 0 Å². The largest absolute Gasteiger partial charge is 0.324 e. The maximum atomic E-state index is 13.2. The van der Waals surface area contributed by atoms with Crippen molar-refractivity contribution in [2.24, 2.45) is 11.8 Å². The molecular formula is C20H25N3O3. The summed E-state index contributed by atoms with van der Waals surface area (Å²) in [5.41, 5.74) is 2.52. The highest BCUT2D eigenvalue weighted by atomic mass is 16.2. The minimum absolute atomic E-state index is 0.143. The van der Waals surface area contributed by atoms with E-state index in [-0.39, 0.29) is 23.8 Å². The van der Waals surface area contributed by atoms with Crippen molar-refractivity contribution in [3.8, 4) is 0 Å². The molecule has 1 aromatic carbocycles. The summed E-state index contributed by atoms with van der Waals surface area (Å²) in [5.74, 6) is -1.75. The number of carbonyl (C=O) groups is 3. The number of anilines is 1. The summed E-state index contributed by atoms with van der Waals surface area (Å²) in [6, 6.07) is 3.66. The van der Waals surface area contributed by atoms with Gasteiger partial charge in [-0.2, -0.15) is 0 Å². The van der Waals surface area contributed by atoms with Crippen LogP contribution >= 0.6 is 0 Å². The number of unbranched alkanes of at least 4 members (excludes halogenated alkanes) is 1. The molecule has 0 aromatic heterocycles. The molecule has 2 fully saturated rings. The summed E-state index contributed by atoms with van der Waals surface area (Å²) in [7, 11) is 0. The minimum Gasteiger partial charge on any atom is -0.324 e. The number of imide groups is 1. The van der Waals surface area contributed by atoms with E-state index in [1.165, 1.54) is 4.90 Å². The zero-order valence-corrected chi connectivity index (χ0v) is 15.7. The Bertz CT molecular complexity index is 834. The van der Waals surface area contributed by atoms with Gasteiger partial charge in [0.25, 0.3) is 0 Å². The normalized spacial score (nSPS) is 32.4. The summed E-state index contributed by atoms with van der Waals surface area (Å²) in [6.07, 6.45) is 1.69. The lowest BCUT2D eigenvalue weighted by Crippen LogP contribution is -2.52. The van der Waals surface area contributed by atoms with Crippen LogP contribution in [0.4, 0.5) is 5.69 Å². The van der Waals surface area contributed by atoms with Gasteiger partial charge < -0.3 is 5.32 Å². The zero-order valence-electron chi connectivity index (χ0n) is 15.7. The van der Waals surface area contributed by atoms with Gasteiger partial charge in [-0.05, 0) is 38.3 Å². The van der Waals surface area contributed by atoms with Crippen LogP contribution in [0.15, 0.2) is 12.1 Å². The Balaban J connectivity index is 1.85. The van der Waals surface area contributed by atoms with Crippen molar-refractivity contribution in [3.63, 3.8) is 0 Å². The van der Waals surface area contributed by atoms with Crippen molar-refractivity contribution < 1.29 is 14.4 Å². The highest BCUT2D eigenvalue weighted by molar-refractivity contribution is 6.15. The van der Waals surface area contributed by atoms with Gasteiger partial charge in [0.15, 0.2) is 0 Å². The van der Waals surface area contributed by atoms with Gasteiger partial charge in [-0.1, -0.05) is 25.5 Å². The predicted molar refractivity (Wildman–Crippen MR) is 97.4 cm³/mol. The van der Waals surface area contributed by atoms with Crippen LogP contribution in [-0.4, -0.2) is 35.2 Å². The molecule has 6 nitrogen and oxygen atoms in total. The number of nitrogens with one attached hydrogen (secondary N) is 2. The fourth-order valence-electron chi connectivity index (χ4n) is 4.88. The Morgan fingerprint density at radius 1 is 1.15 bits per heavy atom. The van der Waals surface area contributed by atoms with E-state index in [4.69, 9.17) is 0 Å². The Morgan fingerprint density at radius 3 is 2.58 bits per heavy atom. The molecule has 2 saturated heterocycles. The number of hydrogen-bond acceptors (Lipinski definition) is 4. The molecule has 0 aliphatic carbocycles. The molecule has 6 heteroatoms. The van der Waals surface area contributed by atoms with Gasteiger partial charge in [0.05, 0.1) is 11.8 Å². The Hall–Kier alpha value is -2.21. The van der Waals surface area contributed by atoms with Gasteiger partial charge >= 0.3 is 0 Å². The van der Waals surface area contributed by atoms with Crippen molar-refractivity contribution in [1.82, 2.24) is 10.2 Å². The number of benzene rings is 1. The standard InChI is InChI=1S/C20H25N3O3/c1-5-6-9-23-17(24)14-12(4)22-20(15(14)18(23)25)13-8-7-10(2)11(3)16(13)21-19(20)26/h7-8,12,14-15,22H,5-6,9H2,1-4H3,(H,21,26)/t12-,14-,15+,20-/m1/s1. The number of hydrogen-bond donors (Lipinski definition) is 2. The highest BCUT2D eigenvalue weighted by Gasteiger charge is 2.69. The van der Waals surface area contributed by atoms with Crippen molar-refractivity contribution >= 4 is 23.4 Å². The molecular weight excluding hydrogens is 330 g/mol. The number of aryl methyl sites for hydroxylation is 1. The van der Waals surface area contributed by atoms with E-state index < -0.39 is 17.4 Å². The lowest BCUT2D eigenvalue weighted by molar-refractivity contribution is -0.142. The van der Waals surface area contributed by atoms with Crippen LogP contribution in [0.2, 0.25) is 0 Å². The smallest absolute Gasteiger partial charge is 0.250 e. The second-order valence-corrected chi connectivity index (χ2v) is 7.81. The molecule has 0 unspecified atom stereocenters. The number of likely N-dealkylation sites (tertiary alicyclic amines) is 1. The molecule has 3 aliphatic rings. The Labute approximate surface area is 153 Å². The van der Waals surface area contributed by atoms with E-state index >= 15 is 0 Å². The monoisotopic (exact) mass is 355 g/mol. The molecule has 3 heterocycles. The molecule has 0 bridgehead atoms. The lowest BCUT2D eigenvalue weighted by atomic mass is 9.76. The summed E-state index contributed by atoms with van der Waals surface area (Å²) in [4.78, 5) is 40.6. The third kappa shape index (κ3) is 1.93. The van der Waals surface area contributed by atoms with Crippen LogP contribution in [0, 0.1) is 25.7 Å². The maximum absolute atomic E-state index is 13.2. The predicted octanol–water partition coefficient (Wildman–Crippen LogP) is 1.84. The van der Waals surface area contributed by atoms with Crippen molar-refractivity contribution in [2.75, 3.05) is 11.9 Å². The maximum Gasteiger partial charge on any atom is 0.250 e. The summed E-state index contributed by atoms with van der Waals surface area (Å²) < 4.78 is 0. The van der Waals surface area contributed by atoms with E-state index in [1.807, 2.05) is 39.8 Å². The quantitative estimate of drug-likeness (QED) is 0.811. The topological polar surface area (TPSA) is 78.5 Å². The first kappa shape index (κ1) is 17.2. The number of rotatable bonds is 3. The molecule has 4 atom stereocenters. The molecule has 3 aliphatic heterocycles. The first-order valence-electron chi connectivity index (χ1n) is 9.39. The third-order valence-corrected chi connectivity index (χ3v) is 6.40. The van der Waals surface area contributed by atoms with E-state index in [9.17, 15) is 14.4 Å². The van der Waals surface area contributed by atoms with E-state index in [0.717, 1.165) is 35.2 Å². The Kier molecular flexibility index (Phi) is 3.74. The third-order valence-electron chi connectivity index (χ3n) is 6.40. The fourth-order valence-corrected chi connectivity index (χ4v) is 4.88. The zero-order chi connectivity index (χ0) is 18.8. The molecule has 4 rings (SSSR count). The lowest BCUT2D eigenvalue weighted by Gasteiger charge is -2.29. The van der Waals surface area contributed by atoms with Gasteiger partial charge in [0.2, 0.25) is 17.7 Å². The fraction of sp³-hybridized carbons (Fsp3) is 0.550. The molecule has 0 saturated carbocycles. The first-order chi connectivity index (χ1) is 12.3. The summed E-state index contributed by atoms with van der Waals surface area (Å²) in [6.45, 7) is 8.33. The second kappa shape index (κ2) is 5.64. The minimum atomic E-state index is -1.15. The van der Waals surface area contributed by atoms with Crippen molar-refractivity contribution in [3.05, 3.63) is 28.8 Å². The number of nitrogens with zero attached hydrogens (tertiary/aromatic N) is 1. The summed E-state index contributed by atoms with van der Waals surface area (Å²) in [5, 5.41) is 6.32. The van der Waals surface area contributed by atoms with Crippen LogP contribution < -0.4 is 10.6 Å². The molecule has 138 valence electrons. The highest BCUT2D eigenvalue weighted by Crippen LogP contribution is 2.53. The SMILES string of the molecule is CCCCN1C(=O)[C@H]2[C@@H](C1=O)[C@@]1(N[C@@H]2C)C(=O)Nc2c1ccc(C)c2C. The van der Waals surface area contributed by atoms with Gasteiger partial charge in [0.1, 0.15) is 5.54 Å². The number of fused-ring (bicyclic) bond motifs is 4. The second-order valence-electron chi connectivity index (χ2n) is 7.81. The van der Waals surface area contributed by atoms with Crippen LogP contribution in [0.25, 0.3) is 0 Å². The van der Waals surface area contributed by atoms with Gasteiger partial charge in [-0.25, -0.2) is 0 Å². The molecule has 1 spiro atoms. The average molecular weight is 355 g/mol. The Morgan fingerprint density at radius 2 is 1.88 bits per heavy atom. The van der Waals surface area contributed by atoms with E-state index in [1.54, 1.807) is 0 Å². The van der Waals surface area contributed by atoms with Gasteiger partial charge in [0, 0.05) is 23.8 Å². The molecule has 26 heavy (non-hydrogen) atoms. The number of carbonyl (C=O) groups excluding carboxylic acids is 3. The van der Waals surface area contributed by atoms with E-state index in [2.05, 4.69) is 10.6 Å². The van der Waals surface area contributed by atoms with Crippen molar-refractivity contribution in [1.29, 1.82) is 0 Å². The first-order valence-corrected chi connectivity index (χ1v) is 9.39. The molecule has 3 amide bonds. The van der Waals surface area contributed by atoms with Crippen molar-refractivity contribution in [2.45, 2.75) is 52.1 Å². The van der Waals surface area contributed by atoms with Gasteiger partial charge in [-0.15, -0.1) is 0 Å². The van der Waals surface area contributed by atoms with E-state index in [0.29, 0.717) is 6.54 Å². The van der Waals surface area contributed by atoms with Crippen LogP contribution in [0.1, 0.15) is 43.4 Å². The molecule has 2 N–H and O–H groups in total. The molecule has 0 radical (unpaired) electrons. The van der Waals surface area contributed by atoms with Crippen LogP contribution in [-0.2, 0) is 19.9 Å². The van der Waals surface area contributed by atoms with Crippen LogP contribution in [0.3, 0.4) is 0 Å². The summed E-state index contributed by atoms with van der Waals surface area (Å²) >= 11 is 0. The molecule has 1 aromatic rings. The van der Waals surface area contributed by atoms with Gasteiger partial charge in [-0.3, -0.25) is 24.6 Å². The average Bonchev–Trinajstić information content (AvgIpc) is 3.16.